The molecule has 0 spiro atoms. The second-order valence-electron chi connectivity index (χ2n) is 4.44. The molecule has 0 aliphatic heterocycles. The Bertz CT molecular complexity index is 372. The molecule has 5 heteroatoms. The molecule has 0 amide bonds. The highest BCUT2D eigenvalue weighted by Crippen LogP contribution is 2.21. The summed E-state index contributed by atoms with van der Waals surface area (Å²) in [5.41, 5.74) is 0.876. The third kappa shape index (κ3) is 5.98. The fourth-order valence-electron chi connectivity index (χ4n) is 1.72. The summed E-state index contributed by atoms with van der Waals surface area (Å²) in [4.78, 5) is 0. The van der Waals surface area contributed by atoms with Crippen molar-refractivity contribution in [2.24, 2.45) is 0 Å². The fourth-order valence-corrected chi connectivity index (χ4v) is 1.72. The van der Waals surface area contributed by atoms with Gasteiger partial charge in [-0.25, -0.2) is 0 Å². The Labute approximate surface area is 112 Å². The van der Waals surface area contributed by atoms with Gasteiger partial charge in [0.05, 0.1) is 18.8 Å². The van der Waals surface area contributed by atoms with Gasteiger partial charge in [-0.1, -0.05) is 19.1 Å². The summed E-state index contributed by atoms with van der Waals surface area (Å²) in [5.74, 6) is 0.167. The summed E-state index contributed by atoms with van der Waals surface area (Å²) < 4.78 is 34.4. The van der Waals surface area contributed by atoms with Crippen molar-refractivity contribution in [3.05, 3.63) is 29.8 Å². The van der Waals surface area contributed by atoms with Crippen LogP contribution in [-0.2, 0) is 4.74 Å². The highest BCUT2D eigenvalue weighted by atomic mass is 19.3. The third-order valence-corrected chi connectivity index (χ3v) is 2.53. The molecule has 0 aliphatic rings. The van der Waals surface area contributed by atoms with Gasteiger partial charge in [0.2, 0.25) is 0 Å². The van der Waals surface area contributed by atoms with E-state index in [9.17, 15) is 8.78 Å². The second kappa shape index (κ2) is 8.07. The average molecular weight is 273 g/mol. The van der Waals surface area contributed by atoms with Crippen molar-refractivity contribution in [1.82, 2.24) is 5.32 Å². The topological polar surface area (TPSA) is 30.5 Å². The van der Waals surface area contributed by atoms with E-state index in [-0.39, 0.29) is 17.9 Å². The molecule has 0 radical (unpaired) electrons. The van der Waals surface area contributed by atoms with Crippen LogP contribution in [0, 0.1) is 0 Å². The number of alkyl halides is 2. The van der Waals surface area contributed by atoms with E-state index in [1.165, 1.54) is 6.07 Å². The SMILES string of the molecule is CCNC(COC(C)C)c1cccc(OC(F)F)c1. The molecule has 0 saturated carbocycles. The van der Waals surface area contributed by atoms with Crippen LogP contribution in [0.25, 0.3) is 0 Å². The first-order valence-corrected chi connectivity index (χ1v) is 6.42. The molecule has 108 valence electrons. The lowest BCUT2D eigenvalue weighted by Crippen LogP contribution is -2.26. The first-order valence-electron chi connectivity index (χ1n) is 6.42. The first kappa shape index (κ1) is 15.9. The molecule has 19 heavy (non-hydrogen) atoms. The minimum atomic E-state index is -2.81. The van der Waals surface area contributed by atoms with Crippen molar-refractivity contribution < 1.29 is 18.3 Å². The smallest absolute Gasteiger partial charge is 0.387 e. The van der Waals surface area contributed by atoms with E-state index in [0.29, 0.717) is 6.61 Å². The number of hydrogen-bond donors (Lipinski definition) is 1. The molecular formula is C14H21F2NO2. The van der Waals surface area contributed by atoms with Crippen LogP contribution in [0.5, 0.6) is 5.75 Å². The Morgan fingerprint density at radius 2 is 2.00 bits per heavy atom. The fraction of sp³-hybridized carbons (Fsp3) is 0.571. The molecule has 0 aromatic heterocycles. The Balaban J connectivity index is 2.76. The van der Waals surface area contributed by atoms with Gasteiger partial charge in [-0.05, 0) is 38.1 Å². The molecule has 0 heterocycles. The molecule has 0 fully saturated rings. The quantitative estimate of drug-likeness (QED) is 0.787. The maximum atomic E-state index is 12.2. The van der Waals surface area contributed by atoms with Crippen LogP contribution in [0.15, 0.2) is 24.3 Å². The average Bonchev–Trinajstić information content (AvgIpc) is 2.33. The maximum absolute atomic E-state index is 12.2. The van der Waals surface area contributed by atoms with Crippen molar-refractivity contribution in [2.45, 2.75) is 39.5 Å². The van der Waals surface area contributed by atoms with Crippen molar-refractivity contribution in [1.29, 1.82) is 0 Å². The van der Waals surface area contributed by atoms with Gasteiger partial charge in [0.15, 0.2) is 0 Å². The zero-order chi connectivity index (χ0) is 14.3. The van der Waals surface area contributed by atoms with Crippen molar-refractivity contribution >= 4 is 0 Å². The minimum absolute atomic E-state index is 0.0337. The maximum Gasteiger partial charge on any atom is 0.387 e. The molecule has 1 unspecified atom stereocenters. The summed E-state index contributed by atoms with van der Waals surface area (Å²) in [6, 6.07) is 6.67. The lowest BCUT2D eigenvalue weighted by Gasteiger charge is -2.20. The summed E-state index contributed by atoms with van der Waals surface area (Å²) in [6.07, 6.45) is 0.127. The third-order valence-electron chi connectivity index (χ3n) is 2.53. The zero-order valence-electron chi connectivity index (χ0n) is 11.5. The Morgan fingerprint density at radius 3 is 2.58 bits per heavy atom. The van der Waals surface area contributed by atoms with E-state index in [2.05, 4.69) is 10.1 Å². The molecule has 1 atom stereocenters. The van der Waals surface area contributed by atoms with Crippen LogP contribution in [0.2, 0.25) is 0 Å². The minimum Gasteiger partial charge on any atom is -0.435 e. The lowest BCUT2D eigenvalue weighted by molar-refractivity contribution is -0.0499. The molecule has 1 aromatic carbocycles. The number of benzene rings is 1. The summed E-state index contributed by atoms with van der Waals surface area (Å²) in [6.45, 7) is 4.36. The van der Waals surface area contributed by atoms with Crippen LogP contribution in [0.1, 0.15) is 32.4 Å². The monoisotopic (exact) mass is 273 g/mol. The predicted octanol–water partition coefficient (Wildman–Crippen LogP) is 3.36. The largest absolute Gasteiger partial charge is 0.435 e. The van der Waals surface area contributed by atoms with Crippen molar-refractivity contribution in [2.75, 3.05) is 13.2 Å². The van der Waals surface area contributed by atoms with Crippen LogP contribution < -0.4 is 10.1 Å². The Kier molecular flexibility index (Phi) is 6.73. The molecule has 1 N–H and O–H groups in total. The van der Waals surface area contributed by atoms with E-state index in [1.54, 1.807) is 12.1 Å². The van der Waals surface area contributed by atoms with Crippen LogP contribution in [-0.4, -0.2) is 25.9 Å². The van der Waals surface area contributed by atoms with Crippen molar-refractivity contribution in [3.8, 4) is 5.75 Å². The summed E-state index contributed by atoms with van der Waals surface area (Å²) in [5, 5.41) is 3.27. The molecule has 0 saturated heterocycles. The van der Waals surface area contributed by atoms with Crippen LogP contribution >= 0.6 is 0 Å². The predicted molar refractivity (Wildman–Crippen MR) is 70.6 cm³/mol. The highest BCUT2D eigenvalue weighted by molar-refractivity contribution is 5.30. The number of ether oxygens (including phenoxy) is 2. The van der Waals surface area contributed by atoms with Gasteiger partial charge in [0.1, 0.15) is 5.75 Å². The van der Waals surface area contributed by atoms with E-state index in [4.69, 9.17) is 4.74 Å². The van der Waals surface area contributed by atoms with Gasteiger partial charge in [0.25, 0.3) is 0 Å². The van der Waals surface area contributed by atoms with Gasteiger partial charge < -0.3 is 14.8 Å². The van der Waals surface area contributed by atoms with Crippen molar-refractivity contribution in [3.63, 3.8) is 0 Å². The van der Waals surface area contributed by atoms with E-state index >= 15 is 0 Å². The van der Waals surface area contributed by atoms with E-state index in [0.717, 1.165) is 12.1 Å². The van der Waals surface area contributed by atoms with Gasteiger partial charge in [-0.3, -0.25) is 0 Å². The normalized spacial score (nSPS) is 13.0. The second-order valence-corrected chi connectivity index (χ2v) is 4.44. The van der Waals surface area contributed by atoms with Gasteiger partial charge in [0, 0.05) is 0 Å². The molecular weight excluding hydrogens is 252 g/mol. The highest BCUT2D eigenvalue weighted by Gasteiger charge is 2.13. The Hall–Kier alpha value is -1.20. The zero-order valence-corrected chi connectivity index (χ0v) is 11.5. The van der Waals surface area contributed by atoms with Gasteiger partial charge >= 0.3 is 6.61 Å². The van der Waals surface area contributed by atoms with Gasteiger partial charge in [-0.2, -0.15) is 8.78 Å². The first-order chi connectivity index (χ1) is 9.02. The van der Waals surface area contributed by atoms with Crippen LogP contribution in [0.3, 0.4) is 0 Å². The Morgan fingerprint density at radius 1 is 1.26 bits per heavy atom. The van der Waals surface area contributed by atoms with E-state index < -0.39 is 6.61 Å². The molecule has 1 rings (SSSR count). The molecule has 1 aromatic rings. The molecule has 3 nitrogen and oxygen atoms in total. The van der Waals surface area contributed by atoms with Gasteiger partial charge in [-0.15, -0.1) is 0 Å². The lowest BCUT2D eigenvalue weighted by atomic mass is 10.1. The molecule has 0 aliphatic carbocycles. The summed E-state index contributed by atoms with van der Waals surface area (Å²) >= 11 is 0. The number of likely N-dealkylation sites (N-methyl/N-ethyl adjacent to an activating group) is 1. The molecule has 0 bridgehead atoms. The van der Waals surface area contributed by atoms with E-state index in [1.807, 2.05) is 26.8 Å². The number of hydrogen-bond acceptors (Lipinski definition) is 3. The number of nitrogens with one attached hydrogen (secondary N) is 1. The summed E-state index contributed by atoms with van der Waals surface area (Å²) in [7, 11) is 0. The number of rotatable bonds is 8. The number of halogens is 2. The standard InChI is InChI=1S/C14H21F2NO2/c1-4-17-13(9-18-10(2)3)11-6-5-7-12(8-11)19-14(15)16/h5-8,10,13-14,17H,4,9H2,1-3H3. The van der Waals surface area contributed by atoms with Crippen LogP contribution in [0.4, 0.5) is 8.78 Å².